The van der Waals surface area contributed by atoms with Crippen molar-refractivity contribution in [1.82, 2.24) is 10.9 Å². The molecule has 0 saturated heterocycles. The molecule has 2 aromatic rings. The van der Waals surface area contributed by atoms with Crippen LogP contribution in [0, 0.1) is 6.92 Å². The third kappa shape index (κ3) is 7.38. The van der Waals surface area contributed by atoms with Gasteiger partial charge < -0.3 is 10.1 Å². The molecule has 0 bridgehead atoms. The van der Waals surface area contributed by atoms with Crippen molar-refractivity contribution in [2.24, 2.45) is 0 Å². The van der Waals surface area contributed by atoms with Crippen LogP contribution in [0.3, 0.4) is 0 Å². The third-order valence-electron chi connectivity index (χ3n) is 3.88. The summed E-state index contributed by atoms with van der Waals surface area (Å²) in [5, 5.41) is 3.56. The highest BCUT2D eigenvalue weighted by molar-refractivity contribution is 6.31. The van der Waals surface area contributed by atoms with E-state index in [1.807, 2.05) is 0 Å². The van der Waals surface area contributed by atoms with Crippen LogP contribution >= 0.6 is 23.2 Å². The van der Waals surface area contributed by atoms with E-state index < -0.39 is 30.3 Å². The van der Waals surface area contributed by atoms with E-state index in [1.165, 1.54) is 24.3 Å². The first kappa shape index (κ1) is 23.2. The quantitative estimate of drug-likeness (QED) is 0.442. The Morgan fingerprint density at radius 1 is 0.900 bits per heavy atom. The summed E-state index contributed by atoms with van der Waals surface area (Å²) >= 11 is 11.7. The molecule has 0 aliphatic rings. The van der Waals surface area contributed by atoms with E-state index in [0.717, 1.165) is 0 Å². The van der Waals surface area contributed by atoms with E-state index in [9.17, 15) is 19.2 Å². The molecule has 0 aliphatic heterocycles. The van der Waals surface area contributed by atoms with Gasteiger partial charge in [0.05, 0.1) is 6.42 Å². The Hall–Kier alpha value is -3.10. The maximum atomic E-state index is 11.9. The predicted molar refractivity (Wildman–Crippen MR) is 112 cm³/mol. The smallest absolute Gasteiger partial charge is 0.306 e. The number of esters is 1. The maximum absolute atomic E-state index is 11.9. The van der Waals surface area contributed by atoms with Crippen molar-refractivity contribution >= 4 is 52.6 Å². The first-order chi connectivity index (χ1) is 14.3. The standard InChI is InChI=1S/C20H19Cl2N3O5/c1-12-15(22)3-2-4-16(12)23-18(27)11-30-19(28)10-9-17(26)24-25-20(29)13-5-7-14(21)8-6-13/h2-8H,9-11H2,1H3,(H,23,27)(H,24,26)(H,25,29). The number of anilines is 1. The molecule has 30 heavy (non-hydrogen) atoms. The van der Waals surface area contributed by atoms with E-state index in [1.54, 1.807) is 25.1 Å². The fraction of sp³-hybridized carbons (Fsp3) is 0.200. The summed E-state index contributed by atoms with van der Waals surface area (Å²) in [5.41, 5.74) is 5.92. The lowest BCUT2D eigenvalue weighted by atomic mass is 10.2. The van der Waals surface area contributed by atoms with E-state index in [4.69, 9.17) is 27.9 Å². The van der Waals surface area contributed by atoms with Gasteiger partial charge in [-0.1, -0.05) is 29.3 Å². The summed E-state index contributed by atoms with van der Waals surface area (Å²) < 4.78 is 4.84. The minimum Gasteiger partial charge on any atom is -0.456 e. The molecule has 0 spiro atoms. The van der Waals surface area contributed by atoms with Crippen molar-refractivity contribution in [3.8, 4) is 0 Å². The average molecular weight is 452 g/mol. The molecule has 0 fully saturated rings. The molecule has 0 aromatic heterocycles. The van der Waals surface area contributed by atoms with E-state index in [0.29, 0.717) is 26.9 Å². The number of carbonyl (C=O) groups is 4. The highest BCUT2D eigenvalue weighted by atomic mass is 35.5. The Bertz CT molecular complexity index is 948. The number of hydrogen-bond acceptors (Lipinski definition) is 5. The monoisotopic (exact) mass is 451 g/mol. The topological polar surface area (TPSA) is 114 Å². The number of hydrogen-bond donors (Lipinski definition) is 3. The number of rotatable bonds is 7. The first-order valence-electron chi connectivity index (χ1n) is 8.81. The van der Waals surface area contributed by atoms with Gasteiger partial charge in [0.1, 0.15) is 0 Å². The summed E-state index contributed by atoms with van der Waals surface area (Å²) in [6.07, 6.45) is -0.485. The second-order valence-electron chi connectivity index (χ2n) is 6.13. The van der Waals surface area contributed by atoms with Crippen molar-refractivity contribution in [2.45, 2.75) is 19.8 Å². The molecule has 158 valence electrons. The van der Waals surface area contributed by atoms with Crippen molar-refractivity contribution in [1.29, 1.82) is 0 Å². The van der Waals surface area contributed by atoms with Crippen LogP contribution in [0.1, 0.15) is 28.8 Å². The summed E-state index contributed by atoms with van der Waals surface area (Å²) in [6, 6.07) is 11.1. The Balaban J connectivity index is 1.66. The van der Waals surface area contributed by atoms with Gasteiger partial charge in [0.2, 0.25) is 5.91 Å². The number of hydrazine groups is 1. The van der Waals surface area contributed by atoms with Crippen LogP contribution in [0.5, 0.6) is 0 Å². The van der Waals surface area contributed by atoms with Crippen LogP contribution < -0.4 is 16.2 Å². The zero-order valence-electron chi connectivity index (χ0n) is 16.0. The third-order valence-corrected chi connectivity index (χ3v) is 4.55. The molecule has 0 aliphatic carbocycles. The largest absolute Gasteiger partial charge is 0.456 e. The van der Waals surface area contributed by atoms with Gasteiger partial charge in [0, 0.05) is 27.7 Å². The Kier molecular flexibility index (Phi) is 8.64. The fourth-order valence-electron chi connectivity index (χ4n) is 2.23. The molecule has 3 amide bonds. The maximum Gasteiger partial charge on any atom is 0.306 e. The number of ether oxygens (including phenoxy) is 1. The van der Waals surface area contributed by atoms with Gasteiger partial charge in [0.25, 0.3) is 11.8 Å². The van der Waals surface area contributed by atoms with Gasteiger partial charge in [0.15, 0.2) is 6.61 Å². The second kappa shape index (κ2) is 11.2. The lowest BCUT2D eigenvalue weighted by Crippen LogP contribution is -2.41. The molecule has 8 nitrogen and oxygen atoms in total. The molecular formula is C20H19Cl2N3O5. The molecule has 0 unspecified atom stereocenters. The van der Waals surface area contributed by atoms with Crippen LogP contribution in [-0.4, -0.2) is 30.3 Å². The second-order valence-corrected chi connectivity index (χ2v) is 6.97. The zero-order chi connectivity index (χ0) is 22.1. The summed E-state index contributed by atoms with van der Waals surface area (Å²) in [6.45, 7) is 1.24. The van der Waals surface area contributed by atoms with E-state index in [2.05, 4.69) is 16.2 Å². The molecule has 2 aromatic carbocycles. The highest BCUT2D eigenvalue weighted by Crippen LogP contribution is 2.22. The molecule has 0 saturated carbocycles. The Morgan fingerprint density at radius 3 is 2.30 bits per heavy atom. The van der Waals surface area contributed by atoms with Crippen LogP contribution in [-0.2, 0) is 19.1 Å². The molecule has 0 radical (unpaired) electrons. The van der Waals surface area contributed by atoms with Gasteiger partial charge in [-0.05, 0) is 48.9 Å². The van der Waals surface area contributed by atoms with Crippen LogP contribution in [0.4, 0.5) is 5.69 Å². The summed E-state index contributed by atoms with van der Waals surface area (Å²) in [7, 11) is 0. The van der Waals surface area contributed by atoms with Gasteiger partial charge in [-0.15, -0.1) is 0 Å². The van der Waals surface area contributed by atoms with Crippen molar-refractivity contribution < 1.29 is 23.9 Å². The molecule has 0 heterocycles. The lowest BCUT2D eigenvalue weighted by molar-refractivity contribution is -0.148. The molecule has 3 N–H and O–H groups in total. The number of amides is 3. The fourth-order valence-corrected chi connectivity index (χ4v) is 2.53. The Morgan fingerprint density at radius 2 is 1.60 bits per heavy atom. The van der Waals surface area contributed by atoms with Crippen molar-refractivity contribution in [2.75, 3.05) is 11.9 Å². The number of halogens is 2. The van der Waals surface area contributed by atoms with Gasteiger partial charge >= 0.3 is 5.97 Å². The SMILES string of the molecule is Cc1c(Cl)cccc1NC(=O)COC(=O)CCC(=O)NNC(=O)c1ccc(Cl)cc1. The number of benzene rings is 2. The lowest BCUT2D eigenvalue weighted by Gasteiger charge is -2.10. The minimum absolute atomic E-state index is 0.227. The van der Waals surface area contributed by atoms with Gasteiger partial charge in [-0.3, -0.25) is 30.0 Å². The normalized spacial score (nSPS) is 10.1. The first-order valence-corrected chi connectivity index (χ1v) is 9.57. The van der Waals surface area contributed by atoms with Crippen molar-refractivity contribution in [3.05, 3.63) is 63.6 Å². The zero-order valence-corrected chi connectivity index (χ0v) is 17.5. The highest BCUT2D eigenvalue weighted by Gasteiger charge is 2.13. The molecule has 10 heteroatoms. The number of nitrogens with one attached hydrogen (secondary N) is 3. The summed E-state index contributed by atoms with van der Waals surface area (Å²) in [4.78, 5) is 47.2. The Labute approximate surface area is 182 Å². The molecular weight excluding hydrogens is 433 g/mol. The van der Waals surface area contributed by atoms with E-state index >= 15 is 0 Å². The molecule has 2 rings (SSSR count). The van der Waals surface area contributed by atoms with E-state index in [-0.39, 0.29) is 12.8 Å². The van der Waals surface area contributed by atoms with Crippen LogP contribution in [0.15, 0.2) is 42.5 Å². The average Bonchev–Trinajstić information content (AvgIpc) is 2.72. The summed E-state index contributed by atoms with van der Waals surface area (Å²) in [5.74, 6) is -2.38. The predicted octanol–water partition coefficient (Wildman–Crippen LogP) is 3.02. The van der Waals surface area contributed by atoms with Gasteiger partial charge in [-0.2, -0.15) is 0 Å². The van der Waals surface area contributed by atoms with Gasteiger partial charge in [-0.25, -0.2) is 0 Å². The molecule has 0 atom stereocenters. The number of carbonyl (C=O) groups excluding carboxylic acids is 4. The van der Waals surface area contributed by atoms with Crippen LogP contribution in [0.25, 0.3) is 0 Å². The minimum atomic E-state index is -0.729. The van der Waals surface area contributed by atoms with Crippen LogP contribution in [0.2, 0.25) is 10.0 Å². The van der Waals surface area contributed by atoms with Crippen molar-refractivity contribution in [3.63, 3.8) is 0 Å².